The molecule has 1 rings (SSSR count). The average Bonchev–Trinajstić information content (AvgIpc) is 2.72. The van der Waals surface area contributed by atoms with E-state index in [2.05, 4.69) is 28.8 Å². The van der Waals surface area contributed by atoms with Gasteiger partial charge in [-0.25, -0.2) is 0 Å². The maximum Gasteiger partial charge on any atom is 0.411 e. The molecule has 0 aromatic rings. The third-order valence-corrected chi connectivity index (χ3v) is 3.26. The van der Waals surface area contributed by atoms with Gasteiger partial charge in [-0.1, -0.05) is 13.8 Å². The minimum Gasteiger partial charge on any atom is -0.372 e. The van der Waals surface area contributed by atoms with Crippen molar-refractivity contribution >= 4 is 0 Å². The van der Waals surface area contributed by atoms with Crippen molar-refractivity contribution < 1.29 is 17.9 Å². The molecule has 6 heteroatoms. The molecule has 3 nitrogen and oxygen atoms in total. The fourth-order valence-corrected chi connectivity index (χ4v) is 2.35. The van der Waals surface area contributed by atoms with Crippen molar-refractivity contribution in [3.8, 4) is 0 Å². The lowest BCUT2D eigenvalue weighted by molar-refractivity contribution is -0.174. The molecule has 1 aliphatic heterocycles. The standard InChI is InChI=1S/C13H25F3N2O/c1-11(2)17-9-12-5-3-6-18(12)7-4-8-19-10-13(14,15)16/h11-12,17H,3-10H2,1-2H3. The monoisotopic (exact) mass is 282 g/mol. The minimum absolute atomic E-state index is 0.181. The quantitative estimate of drug-likeness (QED) is 0.692. The Balaban J connectivity index is 2.10. The predicted molar refractivity (Wildman–Crippen MR) is 69.2 cm³/mol. The Hall–Kier alpha value is -0.330. The molecule has 1 atom stereocenters. The van der Waals surface area contributed by atoms with Gasteiger partial charge in [0.1, 0.15) is 6.61 Å². The summed E-state index contributed by atoms with van der Waals surface area (Å²) in [5, 5.41) is 3.42. The zero-order chi connectivity index (χ0) is 14.3. The molecule has 1 saturated heterocycles. The van der Waals surface area contributed by atoms with Gasteiger partial charge in [0, 0.05) is 31.8 Å². The van der Waals surface area contributed by atoms with Gasteiger partial charge >= 0.3 is 6.18 Å². The van der Waals surface area contributed by atoms with Gasteiger partial charge in [0.05, 0.1) is 0 Å². The number of likely N-dealkylation sites (tertiary alicyclic amines) is 1. The van der Waals surface area contributed by atoms with Gasteiger partial charge in [0.15, 0.2) is 0 Å². The first-order chi connectivity index (χ1) is 8.88. The highest BCUT2D eigenvalue weighted by Crippen LogP contribution is 2.17. The van der Waals surface area contributed by atoms with Crippen LogP contribution in [0.25, 0.3) is 0 Å². The van der Waals surface area contributed by atoms with Crippen LogP contribution in [0.3, 0.4) is 0 Å². The molecule has 0 spiro atoms. The Bertz CT molecular complexity index is 247. The summed E-state index contributed by atoms with van der Waals surface area (Å²) in [5.41, 5.74) is 0. The molecule has 1 N–H and O–H groups in total. The summed E-state index contributed by atoms with van der Waals surface area (Å²) in [6.45, 7) is 6.10. The van der Waals surface area contributed by atoms with E-state index >= 15 is 0 Å². The number of alkyl halides is 3. The number of ether oxygens (including phenoxy) is 1. The third-order valence-electron chi connectivity index (χ3n) is 3.26. The fourth-order valence-electron chi connectivity index (χ4n) is 2.35. The number of nitrogens with one attached hydrogen (secondary N) is 1. The highest BCUT2D eigenvalue weighted by molar-refractivity contribution is 4.81. The number of rotatable bonds is 8. The molecular weight excluding hydrogens is 257 g/mol. The van der Waals surface area contributed by atoms with Crippen molar-refractivity contribution in [1.29, 1.82) is 0 Å². The lowest BCUT2D eigenvalue weighted by atomic mass is 10.2. The van der Waals surface area contributed by atoms with Gasteiger partial charge in [-0.2, -0.15) is 13.2 Å². The smallest absolute Gasteiger partial charge is 0.372 e. The Morgan fingerprint density at radius 2 is 2.11 bits per heavy atom. The second kappa shape index (κ2) is 8.07. The molecule has 0 aliphatic carbocycles. The third kappa shape index (κ3) is 7.74. The summed E-state index contributed by atoms with van der Waals surface area (Å²) in [5.74, 6) is 0. The number of nitrogens with zero attached hydrogens (tertiary/aromatic N) is 1. The van der Waals surface area contributed by atoms with E-state index in [1.165, 1.54) is 12.8 Å². The van der Waals surface area contributed by atoms with Crippen LogP contribution in [0.4, 0.5) is 13.2 Å². The maximum atomic E-state index is 11.9. The summed E-state index contributed by atoms with van der Waals surface area (Å²) in [7, 11) is 0. The highest BCUT2D eigenvalue weighted by Gasteiger charge is 2.27. The number of hydrogen-bond acceptors (Lipinski definition) is 3. The van der Waals surface area contributed by atoms with Crippen LogP contribution >= 0.6 is 0 Å². The molecule has 0 bridgehead atoms. The van der Waals surface area contributed by atoms with E-state index in [0.29, 0.717) is 18.5 Å². The summed E-state index contributed by atoms with van der Waals surface area (Å²) in [4.78, 5) is 2.35. The first-order valence-electron chi connectivity index (χ1n) is 7.00. The zero-order valence-corrected chi connectivity index (χ0v) is 11.8. The van der Waals surface area contributed by atoms with Crippen LogP contribution in [0.1, 0.15) is 33.1 Å². The van der Waals surface area contributed by atoms with E-state index in [0.717, 1.165) is 19.6 Å². The van der Waals surface area contributed by atoms with Crippen LogP contribution in [-0.4, -0.2) is 56.0 Å². The summed E-state index contributed by atoms with van der Waals surface area (Å²) < 4.78 is 40.3. The van der Waals surface area contributed by atoms with Crippen molar-refractivity contribution in [2.75, 3.05) is 32.8 Å². The second-order valence-corrected chi connectivity index (χ2v) is 5.42. The normalized spacial score (nSPS) is 21.5. The van der Waals surface area contributed by atoms with Crippen LogP contribution < -0.4 is 5.32 Å². The molecule has 0 radical (unpaired) electrons. The fraction of sp³-hybridized carbons (Fsp3) is 1.00. The minimum atomic E-state index is -4.21. The van der Waals surface area contributed by atoms with Gasteiger partial charge in [0.25, 0.3) is 0 Å². The van der Waals surface area contributed by atoms with Gasteiger partial charge in [0.2, 0.25) is 0 Å². The van der Waals surface area contributed by atoms with Gasteiger partial charge in [-0.15, -0.1) is 0 Å². The highest BCUT2D eigenvalue weighted by atomic mass is 19.4. The topological polar surface area (TPSA) is 24.5 Å². The largest absolute Gasteiger partial charge is 0.411 e. The molecule has 1 aliphatic rings. The molecule has 114 valence electrons. The molecule has 0 saturated carbocycles. The van der Waals surface area contributed by atoms with Crippen molar-refractivity contribution in [3.05, 3.63) is 0 Å². The Labute approximate surface area is 113 Å². The zero-order valence-electron chi connectivity index (χ0n) is 11.8. The van der Waals surface area contributed by atoms with Crippen LogP contribution in [0.5, 0.6) is 0 Å². The average molecular weight is 282 g/mol. The number of halogens is 3. The molecule has 0 aromatic heterocycles. The molecule has 1 fully saturated rings. The number of hydrogen-bond donors (Lipinski definition) is 1. The Morgan fingerprint density at radius 3 is 2.74 bits per heavy atom. The second-order valence-electron chi connectivity index (χ2n) is 5.42. The first kappa shape index (κ1) is 16.7. The lowest BCUT2D eigenvalue weighted by Crippen LogP contribution is -2.40. The van der Waals surface area contributed by atoms with Crippen LogP contribution in [0, 0.1) is 0 Å². The van der Waals surface area contributed by atoms with Gasteiger partial charge in [-0.3, -0.25) is 4.90 Å². The molecule has 0 aromatic carbocycles. The lowest BCUT2D eigenvalue weighted by Gasteiger charge is -2.25. The van der Waals surface area contributed by atoms with E-state index < -0.39 is 12.8 Å². The maximum absolute atomic E-state index is 11.9. The summed E-state index contributed by atoms with van der Waals surface area (Å²) in [6.07, 6.45) is -1.21. The van der Waals surface area contributed by atoms with Crippen molar-refractivity contribution in [3.63, 3.8) is 0 Å². The van der Waals surface area contributed by atoms with Crippen molar-refractivity contribution in [2.24, 2.45) is 0 Å². The first-order valence-corrected chi connectivity index (χ1v) is 7.00. The molecule has 1 unspecified atom stereocenters. The van der Waals surface area contributed by atoms with E-state index in [-0.39, 0.29) is 6.61 Å². The molecule has 1 heterocycles. The van der Waals surface area contributed by atoms with Crippen LogP contribution in [-0.2, 0) is 4.74 Å². The van der Waals surface area contributed by atoms with Gasteiger partial charge in [-0.05, 0) is 25.8 Å². The molecular formula is C13H25F3N2O. The van der Waals surface area contributed by atoms with Gasteiger partial charge < -0.3 is 10.1 Å². The van der Waals surface area contributed by atoms with E-state index in [1.54, 1.807) is 0 Å². The molecule has 19 heavy (non-hydrogen) atoms. The Morgan fingerprint density at radius 1 is 1.37 bits per heavy atom. The van der Waals surface area contributed by atoms with Crippen molar-refractivity contribution in [1.82, 2.24) is 10.2 Å². The van der Waals surface area contributed by atoms with Crippen molar-refractivity contribution in [2.45, 2.75) is 51.4 Å². The van der Waals surface area contributed by atoms with E-state index in [1.807, 2.05) is 0 Å². The van der Waals surface area contributed by atoms with E-state index in [4.69, 9.17) is 0 Å². The Kier molecular flexibility index (Phi) is 7.10. The summed E-state index contributed by atoms with van der Waals surface area (Å²) in [6, 6.07) is 0.989. The van der Waals surface area contributed by atoms with E-state index in [9.17, 15) is 13.2 Å². The predicted octanol–water partition coefficient (Wildman–Crippen LogP) is 2.42. The van der Waals surface area contributed by atoms with Crippen LogP contribution in [0.15, 0.2) is 0 Å². The summed E-state index contributed by atoms with van der Waals surface area (Å²) >= 11 is 0. The SMILES string of the molecule is CC(C)NCC1CCCN1CCCOCC(F)(F)F. The van der Waals surface area contributed by atoms with Crippen LogP contribution in [0.2, 0.25) is 0 Å². The molecule has 0 amide bonds.